The summed E-state index contributed by atoms with van der Waals surface area (Å²) in [4.78, 5) is 2.40. The van der Waals surface area contributed by atoms with Gasteiger partial charge in [-0.3, -0.25) is 4.90 Å². The number of nitrogens with two attached hydrogens (primary N) is 1. The van der Waals surface area contributed by atoms with Crippen molar-refractivity contribution in [2.75, 3.05) is 19.6 Å². The Morgan fingerprint density at radius 1 is 1.38 bits per heavy atom. The van der Waals surface area contributed by atoms with Crippen LogP contribution in [-0.4, -0.2) is 42.8 Å². The van der Waals surface area contributed by atoms with E-state index in [1.54, 1.807) is 0 Å². The van der Waals surface area contributed by atoms with Crippen LogP contribution in [0.3, 0.4) is 0 Å². The molecule has 1 fully saturated rings. The van der Waals surface area contributed by atoms with Gasteiger partial charge in [-0.05, 0) is 20.8 Å². The zero-order valence-electron chi connectivity index (χ0n) is 8.69. The van der Waals surface area contributed by atoms with Gasteiger partial charge in [-0.2, -0.15) is 0 Å². The molecule has 80 valence electrons. The quantitative estimate of drug-likeness (QED) is 0.732. The summed E-state index contributed by atoms with van der Waals surface area (Å²) >= 11 is 0. The molecule has 1 aliphatic rings. The highest BCUT2D eigenvalue weighted by Crippen LogP contribution is 2.12. The zero-order valence-corrected chi connectivity index (χ0v) is 9.51. The first kappa shape index (κ1) is 13.2. The Morgan fingerprint density at radius 2 is 1.85 bits per heavy atom. The molecule has 13 heavy (non-hydrogen) atoms. The van der Waals surface area contributed by atoms with E-state index in [9.17, 15) is 0 Å². The number of halogens is 1. The molecule has 4 heteroatoms. The van der Waals surface area contributed by atoms with Crippen LogP contribution in [0.1, 0.15) is 20.8 Å². The highest BCUT2D eigenvalue weighted by atomic mass is 35.5. The summed E-state index contributed by atoms with van der Waals surface area (Å²) in [6.45, 7) is 9.17. The Labute approximate surface area is 87.0 Å². The molecule has 3 atom stereocenters. The van der Waals surface area contributed by atoms with E-state index < -0.39 is 0 Å². The molecule has 0 aromatic rings. The minimum absolute atomic E-state index is 0. The summed E-state index contributed by atoms with van der Waals surface area (Å²) in [5.74, 6) is 0. The molecule has 3 unspecified atom stereocenters. The molecule has 2 N–H and O–H groups in total. The van der Waals surface area contributed by atoms with Gasteiger partial charge >= 0.3 is 0 Å². The molecule has 0 radical (unpaired) electrons. The van der Waals surface area contributed by atoms with E-state index in [4.69, 9.17) is 10.5 Å². The summed E-state index contributed by atoms with van der Waals surface area (Å²) in [5, 5.41) is 0. The fourth-order valence-corrected chi connectivity index (χ4v) is 1.73. The smallest absolute Gasteiger partial charge is 0.0678 e. The Morgan fingerprint density at radius 3 is 2.23 bits per heavy atom. The first-order chi connectivity index (χ1) is 5.63. The van der Waals surface area contributed by atoms with Gasteiger partial charge in [0.2, 0.25) is 0 Å². The average molecular weight is 209 g/mol. The van der Waals surface area contributed by atoms with Gasteiger partial charge in [0.05, 0.1) is 12.2 Å². The lowest BCUT2D eigenvalue weighted by molar-refractivity contribution is -0.0773. The van der Waals surface area contributed by atoms with Gasteiger partial charge in [-0.1, -0.05) is 0 Å². The minimum Gasteiger partial charge on any atom is -0.373 e. The third-order valence-corrected chi connectivity index (χ3v) is 2.41. The van der Waals surface area contributed by atoms with Crippen molar-refractivity contribution in [3.8, 4) is 0 Å². The van der Waals surface area contributed by atoms with Gasteiger partial charge < -0.3 is 10.5 Å². The molecule has 1 rings (SSSR count). The average Bonchev–Trinajstić information content (AvgIpc) is 2.01. The molecule has 1 saturated heterocycles. The third-order valence-electron chi connectivity index (χ3n) is 2.41. The van der Waals surface area contributed by atoms with Gasteiger partial charge in [-0.15, -0.1) is 12.4 Å². The van der Waals surface area contributed by atoms with E-state index in [0.29, 0.717) is 18.2 Å². The van der Waals surface area contributed by atoms with E-state index in [-0.39, 0.29) is 12.4 Å². The summed E-state index contributed by atoms with van der Waals surface area (Å²) in [6.07, 6.45) is 0.700. The predicted octanol–water partition coefficient (Wildman–Crippen LogP) is 0.865. The van der Waals surface area contributed by atoms with Crippen LogP contribution < -0.4 is 5.73 Å². The number of nitrogens with zero attached hydrogens (tertiary/aromatic N) is 1. The molecule has 1 heterocycles. The zero-order chi connectivity index (χ0) is 9.14. The van der Waals surface area contributed by atoms with Crippen LogP contribution in [0.25, 0.3) is 0 Å². The van der Waals surface area contributed by atoms with E-state index in [1.165, 1.54) is 0 Å². The summed E-state index contributed by atoms with van der Waals surface area (Å²) in [6, 6.07) is 0.485. The van der Waals surface area contributed by atoms with E-state index in [0.717, 1.165) is 19.6 Å². The lowest BCUT2D eigenvalue weighted by Crippen LogP contribution is -2.51. The topological polar surface area (TPSA) is 38.5 Å². The first-order valence-corrected chi connectivity index (χ1v) is 4.73. The summed E-state index contributed by atoms with van der Waals surface area (Å²) < 4.78 is 5.63. The van der Waals surface area contributed by atoms with Crippen molar-refractivity contribution in [3.63, 3.8) is 0 Å². The maximum Gasteiger partial charge on any atom is 0.0678 e. The van der Waals surface area contributed by atoms with Crippen molar-refractivity contribution >= 4 is 12.4 Å². The molecule has 0 amide bonds. The van der Waals surface area contributed by atoms with Gasteiger partial charge in [0, 0.05) is 25.7 Å². The molecular weight excluding hydrogens is 188 g/mol. The second kappa shape index (κ2) is 5.81. The molecular formula is C9H21ClN2O. The maximum atomic E-state index is 5.63. The van der Waals surface area contributed by atoms with Crippen molar-refractivity contribution in [2.45, 2.75) is 39.0 Å². The van der Waals surface area contributed by atoms with Crippen LogP contribution in [0.15, 0.2) is 0 Å². The van der Waals surface area contributed by atoms with E-state index in [2.05, 4.69) is 25.7 Å². The van der Waals surface area contributed by atoms with Crippen molar-refractivity contribution < 1.29 is 4.74 Å². The second-order valence-corrected chi connectivity index (χ2v) is 3.80. The molecule has 0 aliphatic carbocycles. The molecule has 0 saturated carbocycles. The fourth-order valence-electron chi connectivity index (χ4n) is 1.73. The standard InChI is InChI=1S/C9H20N2O.ClH/c1-7(4-10)11-5-8(2)12-9(3)6-11;/h7-9H,4-6,10H2,1-3H3;1H. The van der Waals surface area contributed by atoms with Crippen LogP contribution >= 0.6 is 12.4 Å². The number of ether oxygens (including phenoxy) is 1. The highest BCUT2D eigenvalue weighted by molar-refractivity contribution is 5.85. The molecule has 3 nitrogen and oxygen atoms in total. The van der Waals surface area contributed by atoms with E-state index in [1.807, 2.05) is 0 Å². The normalized spacial score (nSPS) is 32.3. The van der Waals surface area contributed by atoms with Crippen LogP contribution in [-0.2, 0) is 4.74 Å². The van der Waals surface area contributed by atoms with Crippen LogP contribution in [0, 0.1) is 0 Å². The molecule has 0 bridgehead atoms. The monoisotopic (exact) mass is 208 g/mol. The predicted molar refractivity (Wildman–Crippen MR) is 57.3 cm³/mol. The first-order valence-electron chi connectivity index (χ1n) is 4.73. The number of hydrogen-bond acceptors (Lipinski definition) is 3. The Hall–Kier alpha value is 0.170. The molecule has 0 aromatic carbocycles. The number of hydrogen-bond donors (Lipinski definition) is 1. The van der Waals surface area contributed by atoms with Gasteiger partial charge in [0.1, 0.15) is 0 Å². The van der Waals surface area contributed by atoms with Crippen molar-refractivity contribution in [2.24, 2.45) is 5.73 Å². The van der Waals surface area contributed by atoms with Crippen molar-refractivity contribution in [3.05, 3.63) is 0 Å². The number of morpholine rings is 1. The summed E-state index contributed by atoms with van der Waals surface area (Å²) in [7, 11) is 0. The molecule has 1 aliphatic heterocycles. The molecule has 0 aromatic heterocycles. The third kappa shape index (κ3) is 3.81. The summed E-state index contributed by atoms with van der Waals surface area (Å²) in [5.41, 5.74) is 5.61. The minimum atomic E-state index is 0. The fraction of sp³-hybridized carbons (Fsp3) is 1.00. The maximum absolute atomic E-state index is 5.63. The number of rotatable bonds is 2. The Balaban J connectivity index is 0.00000144. The lowest BCUT2D eigenvalue weighted by atomic mass is 10.2. The molecule has 0 spiro atoms. The van der Waals surface area contributed by atoms with Crippen molar-refractivity contribution in [1.29, 1.82) is 0 Å². The Bertz CT molecular complexity index is 136. The SMILES string of the molecule is CC1CN(C(C)CN)CC(C)O1.Cl. The largest absolute Gasteiger partial charge is 0.373 e. The van der Waals surface area contributed by atoms with Crippen LogP contribution in [0.4, 0.5) is 0 Å². The van der Waals surface area contributed by atoms with Gasteiger partial charge in [0.25, 0.3) is 0 Å². The van der Waals surface area contributed by atoms with Gasteiger partial charge in [0.15, 0.2) is 0 Å². The highest BCUT2D eigenvalue weighted by Gasteiger charge is 2.24. The lowest BCUT2D eigenvalue weighted by Gasteiger charge is -2.38. The Kier molecular flexibility index (Phi) is 5.88. The second-order valence-electron chi connectivity index (χ2n) is 3.80. The van der Waals surface area contributed by atoms with Crippen LogP contribution in [0.2, 0.25) is 0 Å². The van der Waals surface area contributed by atoms with E-state index >= 15 is 0 Å². The van der Waals surface area contributed by atoms with Gasteiger partial charge in [-0.25, -0.2) is 0 Å². The van der Waals surface area contributed by atoms with Crippen molar-refractivity contribution in [1.82, 2.24) is 4.90 Å². The van der Waals surface area contributed by atoms with Crippen LogP contribution in [0.5, 0.6) is 0 Å².